The molecule has 1 fully saturated rings. The monoisotopic (exact) mass is 233 g/mol. The van der Waals surface area contributed by atoms with Crippen LogP contribution in [-0.2, 0) is 11.2 Å². The van der Waals surface area contributed by atoms with Crippen molar-refractivity contribution in [1.82, 2.24) is 9.97 Å². The van der Waals surface area contributed by atoms with Gasteiger partial charge in [-0.15, -0.1) is 0 Å². The summed E-state index contributed by atoms with van der Waals surface area (Å²) in [4.78, 5) is 10.3. The minimum atomic E-state index is -0.398. The van der Waals surface area contributed by atoms with Crippen LogP contribution in [0.4, 0.5) is 11.6 Å². The zero-order valence-electron chi connectivity index (χ0n) is 9.76. The molecule has 0 radical (unpaired) electrons. The Morgan fingerprint density at radius 3 is 3.18 bits per heavy atom. The number of anilines is 2. The van der Waals surface area contributed by atoms with Gasteiger partial charge in [-0.1, -0.05) is 6.92 Å². The fourth-order valence-electron chi connectivity index (χ4n) is 1.95. The van der Waals surface area contributed by atoms with Gasteiger partial charge in [0.2, 0.25) is 0 Å². The predicted octanol–water partition coefficient (Wildman–Crippen LogP) is 0.350. The summed E-state index contributed by atoms with van der Waals surface area (Å²) in [5, 5.41) is 8.88. The molecule has 0 aliphatic carbocycles. The molecule has 0 aromatic carbocycles. The third-order valence-electron chi connectivity index (χ3n) is 2.82. The standard InChI is InChI=1S/C11H15N5O/c1-2-9-10(13)14-7-15-11(9)16-3-4-17-8(5-12)6-16/h7-8H,2-4,6H2,1H3,(H2,13,14,15). The van der Waals surface area contributed by atoms with Gasteiger partial charge in [-0.3, -0.25) is 0 Å². The summed E-state index contributed by atoms with van der Waals surface area (Å²) in [5.41, 5.74) is 6.77. The largest absolute Gasteiger partial charge is 0.383 e. The molecule has 1 aromatic heterocycles. The van der Waals surface area contributed by atoms with Crippen molar-refractivity contribution in [3.63, 3.8) is 0 Å². The number of ether oxygens (including phenoxy) is 1. The number of aromatic nitrogens is 2. The Morgan fingerprint density at radius 1 is 1.65 bits per heavy atom. The van der Waals surface area contributed by atoms with Gasteiger partial charge in [0.25, 0.3) is 0 Å². The van der Waals surface area contributed by atoms with Gasteiger partial charge in [0.1, 0.15) is 18.0 Å². The number of hydrogen-bond donors (Lipinski definition) is 1. The first-order valence-corrected chi connectivity index (χ1v) is 5.61. The summed E-state index contributed by atoms with van der Waals surface area (Å²) in [7, 11) is 0. The number of nitrogens with two attached hydrogens (primary N) is 1. The molecule has 2 rings (SSSR count). The molecule has 1 unspecified atom stereocenters. The summed E-state index contributed by atoms with van der Waals surface area (Å²) in [6, 6.07) is 2.12. The van der Waals surface area contributed by atoms with Gasteiger partial charge in [0.05, 0.1) is 19.2 Å². The lowest BCUT2D eigenvalue weighted by Gasteiger charge is -2.31. The second-order valence-electron chi connectivity index (χ2n) is 3.85. The topological polar surface area (TPSA) is 88.1 Å². The minimum absolute atomic E-state index is 0.398. The van der Waals surface area contributed by atoms with E-state index in [1.807, 2.05) is 11.8 Å². The molecule has 1 saturated heterocycles. The molecule has 0 saturated carbocycles. The lowest BCUT2D eigenvalue weighted by Crippen LogP contribution is -2.42. The van der Waals surface area contributed by atoms with Crippen LogP contribution >= 0.6 is 0 Å². The Balaban J connectivity index is 2.28. The second-order valence-corrected chi connectivity index (χ2v) is 3.85. The van der Waals surface area contributed by atoms with Crippen LogP contribution in [0.5, 0.6) is 0 Å². The molecular formula is C11H15N5O. The van der Waals surface area contributed by atoms with Gasteiger partial charge < -0.3 is 15.4 Å². The quantitative estimate of drug-likeness (QED) is 0.793. The van der Waals surface area contributed by atoms with Crippen LogP contribution in [0.3, 0.4) is 0 Å². The summed E-state index contributed by atoms with van der Waals surface area (Å²) >= 11 is 0. The number of nitrogens with zero attached hydrogens (tertiary/aromatic N) is 4. The van der Waals surface area contributed by atoms with E-state index in [4.69, 9.17) is 15.7 Å². The van der Waals surface area contributed by atoms with Crippen LogP contribution in [-0.4, -0.2) is 35.8 Å². The highest BCUT2D eigenvalue weighted by Crippen LogP contribution is 2.23. The minimum Gasteiger partial charge on any atom is -0.383 e. The van der Waals surface area contributed by atoms with E-state index < -0.39 is 6.10 Å². The van der Waals surface area contributed by atoms with Crippen molar-refractivity contribution in [1.29, 1.82) is 5.26 Å². The number of morpholine rings is 1. The first-order chi connectivity index (χ1) is 8.26. The molecule has 6 heteroatoms. The second kappa shape index (κ2) is 4.97. The Morgan fingerprint density at radius 2 is 2.47 bits per heavy atom. The third kappa shape index (κ3) is 2.29. The van der Waals surface area contributed by atoms with Crippen molar-refractivity contribution < 1.29 is 4.74 Å². The zero-order chi connectivity index (χ0) is 12.3. The fraction of sp³-hybridized carbons (Fsp3) is 0.545. The van der Waals surface area contributed by atoms with E-state index in [0.717, 1.165) is 24.3 Å². The van der Waals surface area contributed by atoms with Gasteiger partial charge in [-0.25, -0.2) is 9.97 Å². The highest BCUT2D eigenvalue weighted by molar-refractivity contribution is 5.56. The molecule has 0 spiro atoms. The van der Waals surface area contributed by atoms with E-state index in [1.165, 1.54) is 6.33 Å². The Hall–Kier alpha value is -1.87. The number of hydrogen-bond acceptors (Lipinski definition) is 6. The molecule has 2 N–H and O–H groups in total. The molecule has 6 nitrogen and oxygen atoms in total. The van der Waals surface area contributed by atoms with Crippen LogP contribution < -0.4 is 10.6 Å². The van der Waals surface area contributed by atoms with Crippen LogP contribution in [0, 0.1) is 11.3 Å². The maximum Gasteiger partial charge on any atom is 0.161 e. The van der Waals surface area contributed by atoms with E-state index in [0.29, 0.717) is 19.0 Å². The van der Waals surface area contributed by atoms with Gasteiger partial charge in [0, 0.05) is 12.1 Å². The Labute approximate surface area is 100 Å². The predicted molar refractivity (Wildman–Crippen MR) is 63.4 cm³/mol. The SMILES string of the molecule is CCc1c(N)ncnc1N1CCOC(C#N)C1. The molecule has 17 heavy (non-hydrogen) atoms. The molecule has 1 atom stereocenters. The number of nitrogen functional groups attached to an aromatic ring is 1. The van der Waals surface area contributed by atoms with Crippen molar-refractivity contribution >= 4 is 11.6 Å². The average Bonchev–Trinajstić information content (AvgIpc) is 2.38. The lowest BCUT2D eigenvalue weighted by atomic mass is 10.2. The maximum absolute atomic E-state index is 8.88. The summed E-state index contributed by atoms with van der Waals surface area (Å²) in [6.45, 7) is 3.80. The maximum atomic E-state index is 8.88. The molecule has 2 heterocycles. The first-order valence-electron chi connectivity index (χ1n) is 5.61. The van der Waals surface area contributed by atoms with Crippen LogP contribution in [0.1, 0.15) is 12.5 Å². The van der Waals surface area contributed by atoms with Crippen LogP contribution in [0.2, 0.25) is 0 Å². The highest BCUT2D eigenvalue weighted by atomic mass is 16.5. The van der Waals surface area contributed by atoms with Crippen molar-refractivity contribution in [3.05, 3.63) is 11.9 Å². The molecule has 1 aromatic rings. The van der Waals surface area contributed by atoms with Crippen molar-refractivity contribution in [2.45, 2.75) is 19.4 Å². The number of nitriles is 1. The van der Waals surface area contributed by atoms with E-state index in [9.17, 15) is 0 Å². The molecule has 0 amide bonds. The Kier molecular flexibility index (Phi) is 3.40. The van der Waals surface area contributed by atoms with E-state index >= 15 is 0 Å². The first kappa shape index (κ1) is 11.6. The van der Waals surface area contributed by atoms with E-state index in [-0.39, 0.29) is 0 Å². The Bertz CT molecular complexity index is 442. The smallest absolute Gasteiger partial charge is 0.161 e. The van der Waals surface area contributed by atoms with Gasteiger partial charge >= 0.3 is 0 Å². The van der Waals surface area contributed by atoms with Crippen molar-refractivity contribution in [3.8, 4) is 6.07 Å². The molecule has 0 bridgehead atoms. The zero-order valence-corrected chi connectivity index (χ0v) is 9.76. The molecule has 90 valence electrons. The molecule has 1 aliphatic heterocycles. The van der Waals surface area contributed by atoms with Crippen molar-refractivity contribution in [2.75, 3.05) is 30.3 Å². The lowest BCUT2D eigenvalue weighted by molar-refractivity contribution is 0.0761. The van der Waals surface area contributed by atoms with E-state index in [2.05, 4.69) is 16.0 Å². The van der Waals surface area contributed by atoms with Crippen LogP contribution in [0.15, 0.2) is 6.33 Å². The fourth-order valence-corrected chi connectivity index (χ4v) is 1.95. The van der Waals surface area contributed by atoms with E-state index in [1.54, 1.807) is 0 Å². The summed E-state index contributed by atoms with van der Waals surface area (Å²) in [6.07, 6.45) is 1.83. The highest BCUT2D eigenvalue weighted by Gasteiger charge is 2.23. The van der Waals surface area contributed by atoms with Gasteiger partial charge in [-0.2, -0.15) is 5.26 Å². The molecule has 1 aliphatic rings. The van der Waals surface area contributed by atoms with Crippen molar-refractivity contribution in [2.24, 2.45) is 0 Å². The number of rotatable bonds is 2. The summed E-state index contributed by atoms with van der Waals surface area (Å²) in [5.74, 6) is 1.33. The normalized spacial score (nSPS) is 20.0. The summed E-state index contributed by atoms with van der Waals surface area (Å²) < 4.78 is 5.31. The van der Waals surface area contributed by atoms with Gasteiger partial charge in [0.15, 0.2) is 6.10 Å². The van der Waals surface area contributed by atoms with Gasteiger partial charge in [-0.05, 0) is 6.42 Å². The van der Waals surface area contributed by atoms with Crippen LogP contribution in [0.25, 0.3) is 0 Å². The molecular weight excluding hydrogens is 218 g/mol. The average molecular weight is 233 g/mol. The third-order valence-corrected chi connectivity index (χ3v) is 2.82.